The summed E-state index contributed by atoms with van der Waals surface area (Å²) in [6.45, 7) is 4.36. The van der Waals surface area contributed by atoms with Gasteiger partial charge in [0.1, 0.15) is 6.07 Å². The molecule has 0 bridgehead atoms. The van der Waals surface area contributed by atoms with Crippen LogP contribution in [0.1, 0.15) is 22.6 Å². The van der Waals surface area contributed by atoms with Gasteiger partial charge in [-0.05, 0) is 32.0 Å². The number of hydrogen-bond donors (Lipinski definition) is 1. The highest BCUT2D eigenvalue weighted by molar-refractivity contribution is 5.59. The fourth-order valence-corrected chi connectivity index (χ4v) is 1.80. The van der Waals surface area contributed by atoms with Crippen LogP contribution in [0, 0.1) is 25.2 Å². The van der Waals surface area contributed by atoms with Crippen LogP contribution in [0.3, 0.4) is 0 Å². The van der Waals surface area contributed by atoms with Crippen LogP contribution in [0.25, 0.3) is 0 Å². The molecule has 4 nitrogen and oxygen atoms in total. The SMILES string of the molecule is Cc1cc(NCc2ccccn2)c(C#N)c(C)n1. The third-order valence-corrected chi connectivity index (χ3v) is 2.63. The molecule has 0 atom stereocenters. The molecule has 0 amide bonds. The maximum Gasteiger partial charge on any atom is 0.103 e. The molecule has 2 aromatic heterocycles. The van der Waals surface area contributed by atoms with E-state index in [1.807, 2.05) is 38.1 Å². The highest BCUT2D eigenvalue weighted by Gasteiger charge is 2.07. The second-order valence-electron chi connectivity index (χ2n) is 4.06. The monoisotopic (exact) mass is 238 g/mol. The second kappa shape index (κ2) is 5.28. The Kier molecular flexibility index (Phi) is 3.54. The molecule has 0 saturated carbocycles. The number of aromatic nitrogens is 2. The van der Waals surface area contributed by atoms with Crippen molar-refractivity contribution in [3.8, 4) is 6.07 Å². The van der Waals surface area contributed by atoms with E-state index in [0.29, 0.717) is 12.1 Å². The molecular formula is C14H14N4. The Balaban J connectivity index is 2.22. The summed E-state index contributed by atoms with van der Waals surface area (Å²) in [6.07, 6.45) is 1.76. The molecule has 0 unspecified atom stereocenters. The average Bonchev–Trinajstić information content (AvgIpc) is 2.37. The van der Waals surface area contributed by atoms with Gasteiger partial charge in [0.05, 0.1) is 29.2 Å². The molecule has 0 aliphatic carbocycles. The number of nitrogens with zero attached hydrogens (tertiary/aromatic N) is 3. The van der Waals surface area contributed by atoms with Crippen molar-refractivity contribution in [1.82, 2.24) is 9.97 Å². The van der Waals surface area contributed by atoms with E-state index in [1.165, 1.54) is 0 Å². The van der Waals surface area contributed by atoms with Gasteiger partial charge in [-0.15, -0.1) is 0 Å². The molecule has 0 radical (unpaired) electrons. The minimum absolute atomic E-state index is 0.594. The van der Waals surface area contributed by atoms with Crippen LogP contribution in [-0.4, -0.2) is 9.97 Å². The molecule has 2 heterocycles. The Labute approximate surface area is 106 Å². The lowest BCUT2D eigenvalue weighted by atomic mass is 10.1. The van der Waals surface area contributed by atoms with Crippen molar-refractivity contribution < 1.29 is 0 Å². The summed E-state index contributed by atoms with van der Waals surface area (Å²) < 4.78 is 0. The first-order valence-corrected chi connectivity index (χ1v) is 5.73. The minimum Gasteiger partial charge on any atom is -0.378 e. The number of rotatable bonds is 3. The van der Waals surface area contributed by atoms with Gasteiger partial charge in [0.2, 0.25) is 0 Å². The summed E-state index contributed by atoms with van der Waals surface area (Å²) in [6, 6.07) is 9.83. The average molecular weight is 238 g/mol. The van der Waals surface area contributed by atoms with E-state index in [1.54, 1.807) is 6.20 Å². The number of pyridine rings is 2. The maximum absolute atomic E-state index is 9.14. The summed E-state index contributed by atoms with van der Waals surface area (Å²) in [5.41, 5.74) is 3.99. The van der Waals surface area contributed by atoms with Gasteiger partial charge in [-0.1, -0.05) is 6.07 Å². The summed E-state index contributed by atoms with van der Waals surface area (Å²) >= 11 is 0. The number of hydrogen-bond acceptors (Lipinski definition) is 4. The van der Waals surface area contributed by atoms with Gasteiger partial charge in [-0.25, -0.2) is 0 Å². The van der Waals surface area contributed by atoms with Crippen molar-refractivity contribution >= 4 is 5.69 Å². The fraction of sp³-hybridized carbons (Fsp3) is 0.214. The van der Waals surface area contributed by atoms with Crippen molar-refractivity contribution in [1.29, 1.82) is 5.26 Å². The number of nitrogens with one attached hydrogen (secondary N) is 1. The standard InChI is InChI=1S/C14H14N4/c1-10-7-14(13(8-15)11(2)18-10)17-9-12-5-3-4-6-16-12/h3-7H,9H2,1-2H3,(H,17,18). The first kappa shape index (κ1) is 12.1. The van der Waals surface area contributed by atoms with Gasteiger partial charge >= 0.3 is 0 Å². The van der Waals surface area contributed by atoms with Crippen molar-refractivity contribution in [2.45, 2.75) is 20.4 Å². The van der Waals surface area contributed by atoms with E-state index in [9.17, 15) is 0 Å². The maximum atomic E-state index is 9.14. The van der Waals surface area contributed by atoms with E-state index >= 15 is 0 Å². The summed E-state index contributed by atoms with van der Waals surface area (Å²) in [4.78, 5) is 8.52. The molecule has 4 heteroatoms. The lowest BCUT2D eigenvalue weighted by Gasteiger charge is -2.10. The van der Waals surface area contributed by atoms with E-state index in [4.69, 9.17) is 5.26 Å². The van der Waals surface area contributed by atoms with Crippen LogP contribution in [-0.2, 0) is 6.54 Å². The van der Waals surface area contributed by atoms with Crippen LogP contribution < -0.4 is 5.32 Å². The van der Waals surface area contributed by atoms with E-state index in [2.05, 4.69) is 21.4 Å². The lowest BCUT2D eigenvalue weighted by Crippen LogP contribution is -2.05. The predicted molar refractivity (Wildman–Crippen MR) is 70.0 cm³/mol. The summed E-state index contributed by atoms with van der Waals surface area (Å²) in [5.74, 6) is 0. The van der Waals surface area contributed by atoms with Crippen molar-refractivity contribution in [2.75, 3.05) is 5.32 Å². The molecule has 0 saturated heterocycles. The normalized spacial score (nSPS) is 9.83. The molecule has 2 rings (SSSR count). The van der Waals surface area contributed by atoms with Crippen LogP contribution >= 0.6 is 0 Å². The van der Waals surface area contributed by atoms with Crippen LogP contribution in [0.15, 0.2) is 30.5 Å². The lowest BCUT2D eigenvalue weighted by molar-refractivity contribution is 1.03. The third kappa shape index (κ3) is 2.64. The highest BCUT2D eigenvalue weighted by Crippen LogP contribution is 2.19. The Morgan fingerprint density at radius 3 is 2.83 bits per heavy atom. The van der Waals surface area contributed by atoms with Crippen molar-refractivity contribution in [2.24, 2.45) is 0 Å². The summed E-state index contributed by atoms with van der Waals surface area (Å²) in [5, 5.41) is 12.4. The van der Waals surface area contributed by atoms with Gasteiger partial charge < -0.3 is 5.32 Å². The molecule has 0 aliphatic rings. The second-order valence-corrected chi connectivity index (χ2v) is 4.06. The molecular weight excluding hydrogens is 224 g/mol. The molecule has 18 heavy (non-hydrogen) atoms. The van der Waals surface area contributed by atoms with Crippen molar-refractivity contribution in [3.05, 3.63) is 53.1 Å². The topological polar surface area (TPSA) is 61.6 Å². The summed E-state index contributed by atoms with van der Waals surface area (Å²) in [7, 11) is 0. The van der Waals surface area contributed by atoms with E-state index < -0.39 is 0 Å². The van der Waals surface area contributed by atoms with Crippen LogP contribution in [0.5, 0.6) is 0 Å². The Morgan fingerprint density at radius 1 is 1.33 bits per heavy atom. The molecule has 0 spiro atoms. The molecule has 0 fully saturated rings. The third-order valence-electron chi connectivity index (χ3n) is 2.63. The smallest absolute Gasteiger partial charge is 0.103 e. The number of aryl methyl sites for hydroxylation is 2. The van der Waals surface area contributed by atoms with Crippen LogP contribution in [0.4, 0.5) is 5.69 Å². The van der Waals surface area contributed by atoms with Gasteiger partial charge in [0.25, 0.3) is 0 Å². The van der Waals surface area contributed by atoms with E-state index in [0.717, 1.165) is 22.8 Å². The van der Waals surface area contributed by atoms with Gasteiger partial charge in [-0.2, -0.15) is 5.26 Å². The van der Waals surface area contributed by atoms with Gasteiger partial charge in [0, 0.05) is 11.9 Å². The molecule has 2 aromatic rings. The zero-order valence-electron chi connectivity index (χ0n) is 10.4. The molecule has 0 aromatic carbocycles. The molecule has 90 valence electrons. The Bertz CT molecular complexity index is 585. The molecule has 1 N–H and O–H groups in total. The fourth-order valence-electron chi connectivity index (χ4n) is 1.80. The largest absolute Gasteiger partial charge is 0.378 e. The number of anilines is 1. The predicted octanol–water partition coefficient (Wildman–Crippen LogP) is 2.58. The zero-order valence-corrected chi connectivity index (χ0v) is 10.4. The van der Waals surface area contributed by atoms with Crippen molar-refractivity contribution in [3.63, 3.8) is 0 Å². The highest BCUT2D eigenvalue weighted by atomic mass is 14.9. The Morgan fingerprint density at radius 2 is 2.17 bits per heavy atom. The number of nitriles is 1. The van der Waals surface area contributed by atoms with Gasteiger partial charge in [0.15, 0.2) is 0 Å². The first-order valence-electron chi connectivity index (χ1n) is 5.73. The van der Waals surface area contributed by atoms with E-state index in [-0.39, 0.29) is 0 Å². The Hall–Kier alpha value is -2.41. The minimum atomic E-state index is 0.594. The zero-order chi connectivity index (χ0) is 13.0. The molecule has 0 aliphatic heterocycles. The quantitative estimate of drug-likeness (QED) is 0.892. The van der Waals surface area contributed by atoms with Crippen LogP contribution in [0.2, 0.25) is 0 Å². The van der Waals surface area contributed by atoms with Gasteiger partial charge in [-0.3, -0.25) is 9.97 Å². The first-order chi connectivity index (χ1) is 8.70.